The summed E-state index contributed by atoms with van der Waals surface area (Å²) in [6.45, 7) is 12.9. The Labute approximate surface area is 407 Å². The van der Waals surface area contributed by atoms with Gasteiger partial charge in [-0.2, -0.15) is 0 Å². The van der Waals surface area contributed by atoms with Gasteiger partial charge in [0.2, 0.25) is 0 Å². The Hall–Kier alpha value is -3.22. The Kier molecular flexibility index (Phi) is 40.8. The second-order valence-electron chi connectivity index (χ2n) is 19.5. The first kappa shape index (κ1) is 63.8. The Morgan fingerprint density at radius 1 is 0.358 bits per heavy atom. The summed E-state index contributed by atoms with van der Waals surface area (Å²) in [5, 5.41) is 0. The van der Waals surface area contributed by atoms with Crippen molar-refractivity contribution < 1.29 is 57.2 Å². The van der Waals surface area contributed by atoms with Crippen LogP contribution in [0.3, 0.4) is 0 Å². The molecule has 0 aromatic heterocycles. The van der Waals surface area contributed by atoms with E-state index < -0.39 is 29.3 Å². The summed E-state index contributed by atoms with van der Waals surface area (Å²) in [6, 6.07) is 0. The number of carbonyl (C=O) groups is 6. The lowest BCUT2D eigenvalue weighted by molar-refractivity contribution is -0.171. The molecule has 392 valence electrons. The van der Waals surface area contributed by atoms with Crippen molar-refractivity contribution in [3.8, 4) is 0 Å². The average Bonchev–Trinajstić information content (AvgIpc) is 3.30. The van der Waals surface area contributed by atoms with E-state index in [1.807, 2.05) is 19.0 Å². The molecule has 0 aliphatic carbocycles. The predicted octanol–water partition coefficient (Wildman–Crippen LogP) is 12.1. The molecule has 13 heteroatoms. The van der Waals surface area contributed by atoms with Crippen LogP contribution in [0.1, 0.15) is 228 Å². The number of esters is 6. The average molecular weight is 954 g/mol. The van der Waals surface area contributed by atoms with Crippen LogP contribution >= 0.6 is 0 Å². The molecular formula is C54H99NO12. The van der Waals surface area contributed by atoms with Crippen molar-refractivity contribution in [2.45, 2.75) is 228 Å². The van der Waals surface area contributed by atoms with E-state index in [9.17, 15) is 28.8 Å². The molecule has 0 saturated carbocycles. The lowest BCUT2D eigenvalue weighted by atomic mass is 9.91. The third-order valence-corrected chi connectivity index (χ3v) is 12.4. The minimum atomic E-state index is -1.42. The molecule has 0 radical (unpaired) electrons. The minimum absolute atomic E-state index is 0.0534. The van der Waals surface area contributed by atoms with E-state index in [2.05, 4.69) is 41.5 Å². The van der Waals surface area contributed by atoms with Crippen molar-refractivity contribution >= 4 is 35.8 Å². The zero-order chi connectivity index (χ0) is 50.0. The molecule has 0 heterocycles. The van der Waals surface area contributed by atoms with E-state index in [-0.39, 0.29) is 95.7 Å². The molecule has 0 spiro atoms. The first-order chi connectivity index (χ1) is 32.3. The highest BCUT2D eigenvalue weighted by Crippen LogP contribution is 2.26. The van der Waals surface area contributed by atoms with Gasteiger partial charge in [-0.05, 0) is 96.2 Å². The van der Waals surface area contributed by atoms with Gasteiger partial charge in [0, 0.05) is 38.5 Å². The van der Waals surface area contributed by atoms with E-state index >= 15 is 0 Å². The minimum Gasteiger partial charge on any atom is -0.465 e. The molecule has 0 aromatic carbocycles. The van der Waals surface area contributed by atoms with E-state index in [4.69, 9.17) is 28.4 Å². The zero-order valence-corrected chi connectivity index (χ0v) is 44.0. The Bertz CT molecular complexity index is 1200. The van der Waals surface area contributed by atoms with Gasteiger partial charge in [-0.3, -0.25) is 28.8 Å². The van der Waals surface area contributed by atoms with Crippen molar-refractivity contribution in [2.75, 3.05) is 60.3 Å². The third-order valence-electron chi connectivity index (χ3n) is 12.4. The molecule has 0 aromatic rings. The second-order valence-corrected chi connectivity index (χ2v) is 19.5. The normalized spacial score (nSPS) is 11.6. The molecular weight excluding hydrogens is 855 g/mol. The van der Waals surface area contributed by atoms with Crippen molar-refractivity contribution in [3.05, 3.63) is 0 Å². The number of ether oxygens (including phenoxy) is 6. The first-order valence-electron chi connectivity index (χ1n) is 26.8. The van der Waals surface area contributed by atoms with Gasteiger partial charge < -0.3 is 33.3 Å². The number of unbranched alkanes of at least 4 members (excludes halogenated alkanes) is 8. The third kappa shape index (κ3) is 37.4. The van der Waals surface area contributed by atoms with Crippen LogP contribution in [0.15, 0.2) is 0 Å². The lowest BCUT2D eigenvalue weighted by Crippen LogP contribution is -2.44. The number of hydrogen-bond donors (Lipinski definition) is 0. The second kappa shape index (κ2) is 42.8. The molecule has 13 nitrogen and oxygen atoms in total. The topological polar surface area (TPSA) is 161 Å². The monoisotopic (exact) mass is 954 g/mol. The van der Waals surface area contributed by atoms with Gasteiger partial charge in [0.15, 0.2) is 0 Å². The molecule has 0 aliphatic heterocycles. The van der Waals surface area contributed by atoms with E-state index in [0.717, 1.165) is 128 Å². The molecule has 0 amide bonds. The number of hydrogen-bond acceptors (Lipinski definition) is 13. The molecule has 67 heavy (non-hydrogen) atoms. The summed E-state index contributed by atoms with van der Waals surface area (Å²) in [4.78, 5) is 80.4. The maximum atomic E-state index is 13.6. The summed E-state index contributed by atoms with van der Waals surface area (Å²) < 4.78 is 34.4. The summed E-state index contributed by atoms with van der Waals surface area (Å²) in [5.41, 5.74) is -1.42. The van der Waals surface area contributed by atoms with Gasteiger partial charge in [-0.25, -0.2) is 0 Å². The fraction of sp³-hybridized carbons (Fsp3) is 0.889. The van der Waals surface area contributed by atoms with Crippen LogP contribution in [0.4, 0.5) is 0 Å². The molecule has 0 unspecified atom stereocenters. The van der Waals surface area contributed by atoms with E-state index in [1.54, 1.807) is 0 Å². The van der Waals surface area contributed by atoms with Gasteiger partial charge in [0.05, 0.1) is 13.2 Å². The molecule has 0 rings (SSSR count). The van der Waals surface area contributed by atoms with Crippen LogP contribution in [0.25, 0.3) is 0 Å². The van der Waals surface area contributed by atoms with E-state index in [1.165, 1.54) is 0 Å². The molecule has 0 atom stereocenters. The van der Waals surface area contributed by atoms with Gasteiger partial charge in [0.1, 0.15) is 31.8 Å². The summed E-state index contributed by atoms with van der Waals surface area (Å²) in [5.74, 6) is -2.04. The van der Waals surface area contributed by atoms with Gasteiger partial charge in [0.25, 0.3) is 0 Å². The van der Waals surface area contributed by atoms with Gasteiger partial charge in [-0.1, -0.05) is 131 Å². The SMILES string of the molecule is CCCCCC(CCCCC)CC(=O)OCC(COC(=O)CCCC(=O)OCC(CCCC)CCCC)(COC(=O)CCCC(=O)OCC(CCCC)CCCC)COC(=O)CCCN(C)C. The van der Waals surface area contributed by atoms with Gasteiger partial charge >= 0.3 is 35.8 Å². The Balaban J connectivity index is 6.07. The number of nitrogens with zero attached hydrogens (tertiary/aromatic N) is 1. The van der Waals surface area contributed by atoms with Crippen molar-refractivity contribution in [1.29, 1.82) is 0 Å². The first-order valence-corrected chi connectivity index (χ1v) is 26.8. The highest BCUT2D eigenvalue weighted by molar-refractivity contribution is 5.73. The standard InChI is InChI=1S/C54H99NO12/c1-9-15-21-30-45(31-22-16-10-2)38-53(61)67-44-54(43-66-52(60)36-25-37-55(7)8,41-64-50(58)34-23-32-48(56)62-39-46(26-17-11-3)27-18-12-4)42-65-51(59)35-24-33-49(57)63-40-47(28-19-13-5)29-20-14-6/h45-47H,9-44H2,1-8H3. The Morgan fingerprint density at radius 2 is 0.657 bits per heavy atom. The highest BCUT2D eigenvalue weighted by atomic mass is 16.6. The maximum absolute atomic E-state index is 13.6. The van der Waals surface area contributed by atoms with Crippen LogP contribution in [0.5, 0.6) is 0 Å². The van der Waals surface area contributed by atoms with Crippen LogP contribution < -0.4 is 0 Å². The van der Waals surface area contributed by atoms with Crippen molar-refractivity contribution in [2.24, 2.45) is 23.2 Å². The highest BCUT2D eigenvalue weighted by Gasteiger charge is 2.38. The zero-order valence-electron chi connectivity index (χ0n) is 44.0. The summed E-state index contributed by atoms with van der Waals surface area (Å²) in [7, 11) is 3.82. The van der Waals surface area contributed by atoms with Gasteiger partial charge in [-0.15, -0.1) is 0 Å². The lowest BCUT2D eigenvalue weighted by Gasteiger charge is -2.32. The van der Waals surface area contributed by atoms with Crippen LogP contribution in [-0.2, 0) is 57.2 Å². The molecule has 0 bridgehead atoms. The molecule has 0 fully saturated rings. The fourth-order valence-electron chi connectivity index (χ4n) is 7.86. The largest absolute Gasteiger partial charge is 0.465 e. The van der Waals surface area contributed by atoms with Crippen LogP contribution in [0, 0.1) is 23.2 Å². The summed E-state index contributed by atoms with van der Waals surface area (Å²) in [6.07, 6.45) is 22.2. The van der Waals surface area contributed by atoms with Crippen molar-refractivity contribution in [3.63, 3.8) is 0 Å². The predicted molar refractivity (Wildman–Crippen MR) is 265 cm³/mol. The molecule has 0 saturated heterocycles. The number of rotatable bonds is 46. The molecule has 0 N–H and O–H groups in total. The maximum Gasteiger partial charge on any atom is 0.306 e. The fourth-order valence-corrected chi connectivity index (χ4v) is 7.86. The smallest absolute Gasteiger partial charge is 0.306 e. The quantitative estimate of drug-likeness (QED) is 0.0322. The molecule has 0 aliphatic rings. The van der Waals surface area contributed by atoms with Crippen molar-refractivity contribution in [1.82, 2.24) is 4.90 Å². The van der Waals surface area contributed by atoms with E-state index in [0.29, 0.717) is 38.0 Å². The summed E-state index contributed by atoms with van der Waals surface area (Å²) >= 11 is 0. The van der Waals surface area contributed by atoms with Crippen LogP contribution in [0.2, 0.25) is 0 Å². The van der Waals surface area contributed by atoms with Crippen LogP contribution in [-0.4, -0.2) is 101 Å². The number of carbonyl (C=O) groups excluding carboxylic acids is 6. The Morgan fingerprint density at radius 3 is 0.985 bits per heavy atom.